The first-order valence-corrected chi connectivity index (χ1v) is 12.7. The van der Waals surface area contributed by atoms with Crippen molar-refractivity contribution in [3.05, 3.63) is 117 Å². The number of nitrogens with zero attached hydrogens (tertiary/aromatic N) is 3. The van der Waals surface area contributed by atoms with Crippen molar-refractivity contribution in [2.24, 2.45) is 5.92 Å². The fraction of sp³-hybridized carbons (Fsp3) is 0.300. The fourth-order valence-electron chi connectivity index (χ4n) is 5.18. The lowest BCUT2D eigenvalue weighted by Crippen LogP contribution is -2.45. The Balaban J connectivity index is 1.33. The van der Waals surface area contributed by atoms with Crippen LogP contribution in [0.2, 0.25) is 0 Å². The third-order valence-corrected chi connectivity index (χ3v) is 7.23. The number of amides is 1. The number of hydrogen-bond acceptors (Lipinski definition) is 3. The molecule has 184 valence electrons. The van der Waals surface area contributed by atoms with Crippen LogP contribution in [0.15, 0.2) is 94.5 Å². The van der Waals surface area contributed by atoms with E-state index >= 15 is 0 Å². The summed E-state index contributed by atoms with van der Waals surface area (Å²) in [5.41, 5.74) is 2.16. The number of likely N-dealkylation sites (tertiary alicyclic amines) is 1. The molecule has 5 rings (SSSR count). The Morgan fingerprint density at radius 1 is 0.750 bits per heavy atom. The van der Waals surface area contributed by atoms with Gasteiger partial charge in [0, 0.05) is 19.6 Å². The van der Waals surface area contributed by atoms with Crippen molar-refractivity contribution in [1.29, 1.82) is 0 Å². The summed E-state index contributed by atoms with van der Waals surface area (Å²) in [6.45, 7) is 1.59. The predicted molar refractivity (Wildman–Crippen MR) is 142 cm³/mol. The molecule has 3 aromatic carbocycles. The molecule has 1 aliphatic heterocycles. The van der Waals surface area contributed by atoms with Crippen LogP contribution in [0.3, 0.4) is 0 Å². The van der Waals surface area contributed by atoms with Crippen molar-refractivity contribution in [3.63, 3.8) is 0 Å². The zero-order valence-corrected chi connectivity index (χ0v) is 20.4. The minimum Gasteiger partial charge on any atom is -0.341 e. The largest absolute Gasteiger partial charge is 0.341 e. The first-order chi connectivity index (χ1) is 17.6. The van der Waals surface area contributed by atoms with Crippen molar-refractivity contribution in [2.45, 2.75) is 38.8 Å². The van der Waals surface area contributed by atoms with Crippen molar-refractivity contribution in [2.75, 3.05) is 13.1 Å². The number of rotatable bonds is 7. The molecule has 6 nitrogen and oxygen atoms in total. The molecule has 1 aliphatic rings. The number of piperidine rings is 1. The zero-order valence-electron chi connectivity index (χ0n) is 20.4. The highest BCUT2D eigenvalue weighted by molar-refractivity contribution is 5.81. The molecule has 0 saturated carbocycles. The summed E-state index contributed by atoms with van der Waals surface area (Å²) in [7, 11) is 0. The fourth-order valence-corrected chi connectivity index (χ4v) is 5.18. The maximum atomic E-state index is 13.5. The summed E-state index contributed by atoms with van der Waals surface area (Å²) in [4.78, 5) is 41.8. The van der Waals surface area contributed by atoms with Crippen molar-refractivity contribution >= 4 is 16.8 Å². The number of aromatic nitrogens is 2. The lowest BCUT2D eigenvalue weighted by atomic mass is 9.90. The first kappa shape index (κ1) is 23.8. The molecule has 0 atom stereocenters. The van der Waals surface area contributed by atoms with Gasteiger partial charge in [-0.3, -0.25) is 18.7 Å². The number of hydrogen-bond donors (Lipinski definition) is 0. The van der Waals surface area contributed by atoms with Crippen molar-refractivity contribution in [3.8, 4) is 0 Å². The average molecular weight is 482 g/mol. The molecule has 0 unspecified atom stereocenters. The topological polar surface area (TPSA) is 64.3 Å². The molecular weight excluding hydrogens is 450 g/mol. The first-order valence-electron chi connectivity index (χ1n) is 12.7. The molecule has 4 aromatic rings. The molecule has 6 heteroatoms. The van der Waals surface area contributed by atoms with Gasteiger partial charge in [0.1, 0.15) is 6.54 Å². The Morgan fingerprint density at radius 2 is 1.36 bits per heavy atom. The van der Waals surface area contributed by atoms with Gasteiger partial charge in [0.25, 0.3) is 5.56 Å². The predicted octanol–water partition coefficient (Wildman–Crippen LogP) is 3.89. The van der Waals surface area contributed by atoms with Crippen LogP contribution < -0.4 is 11.2 Å². The molecule has 0 spiro atoms. The van der Waals surface area contributed by atoms with E-state index in [0.717, 1.165) is 24.8 Å². The normalized spacial score (nSPS) is 14.3. The van der Waals surface area contributed by atoms with Gasteiger partial charge in [-0.1, -0.05) is 72.8 Å². The monoisotopic (exact) mass is 481 g/mol. The minimum absolute atomic E-state index is 0.0612. The van der Waals surface area contributed by atoms with Gasteiger partial charge in [-0.25, -0.2) is 4.79 Å². The summed E-state index contributed by atoms with van der Waals surface area (Å²) < 4.78 is 2.74. The number of benzene rings is 3. The number of aryl methyl sites for hydroxylation is 1. The molecular formula is C30H31N3O3. The van der Waals surface area contributed by atoms with E-state index in [0.29, 0.717) is 36.3 Å². The van der Waals surface area contributed by atoms with Gasteiger partial charge < -0.3 is 4.90 Å². The molecule has 0 bridgehead atoms. The van der Waals surface area contributed by atoms with E-state index < -0.39 is 5.69 Å². The molecule has 1 amide bonds. The molecule has 0 radical (unpaired) electrons. The number of para-hydroxylation sites is 1. The Hall–Kier alpha value is -3.93. The van der Waals surface area contributed by atoms with E-state index in [9.17, 15) is 14.4 Å². The third-order valence-electron chi connectivity index (χ3n) is 7.23. The molecule has 36 heavy (non-hydrogen) atoms. The van der Waals surface area contributed by atoms with Gasteiger partial charge in [0.2, 0.25) is 5.91 Å². The highest BCUT2D eigenvalue weighted by Crippen LogP contribution is 2.22. The van der Waals surface area contributed by atoms with Crippen LogP contribution >= 0.6 is 0 Å². The van der Waals surface area contributed by atoms with Crippen LogP contribution in [0.5, 0.6) is 0 Å². The van der Waals surface area contributed by atoms with Crippen molar-refractivity contribution in [1.82, 2.24) is 14.0 Å². The van der Waals surface area contributed by atoms with Crippen LogP contribution in [0, 0.1) is 5.92 Å². The molecule has 0 aliphatic carbocycles. The second-order valence-electron chi connectivity index (χ2n) is 9.59. The van der Waals surface area contributed by atoms with Crippen LogP contribution in [-0.4, -0.2) is 33.0 Å². The molecule has 1 fully saturated rings. The second kappa shape index (κ2) is 10.8. The van der Waals surface area contributed by atoms with Gasteiger partial charge >= 0.3 is 5.69 Å². The van der Waals surface area contributed by atoms with Gasteiger partial charge in [0.15, 0.2) is 0 Å². The van der Waals surface area contributed by atoms with Crippen molar-refractivity contribution < 1.29 is 4.79 Å². The molecule has 2 heterocycles. The second-order valence-corrected chi connectivity index (χ2v) is 9.59. The highest BCUT2D eigenvalue weighted by Gasteiger charge is 2.24. The number of carbonyl (C=O) groups is 1. The SMILES string of the molecule is O=C(Cn1c(=O)n(CCc2ccccc2)c(=O)c2ccccc21)N1CCC(Cc2ccccc2)CC1. The Labute approximate surface area is 210 Å². The van der Waals surface area contributed by atoms with E-state index in [2.05, 4.69) is 24.3 Å². The van der Waals surface area contributed by atoms with Crippen LogP contribution in [0.4, 0.5) is 0 Å². The number of carbonyl (C=O) groups excluding carboxylic acids is 1. The molecule has 0 N–H and O–H groups in total. The minimum atomic E-state index is -0.429. The lowest BCUT2D eigenvalue weighted by molar-refractivity contribution is -0.133. The molecule has 1 saturated heterocycles. The standard InChI is InChI=1S/C30H31N3O3/c34-28(31-18-15-25(16-19-31)21-24-11-5-2-6-12-24)22-33-27-14-8-7-13-26(27)29(35)32(30(33)36)20-17-23-9-3-1-4-10-23/h1-14,25H,15-22H2. The Morgan fingerprint density at radius 3 is 2.06 bits per heavy atom. The summed E-state index contributed by atoms with van der Waals surface area (Å²) in [6, 6.07) is 27.3. The van der Waals surface area contributed by atoms with Gasteiger partial charge in [0.05, 0.1) is 10.9 Å². The maximum absolute atomic E-state index is 13.5. The van der Waals surface area contributed by atoms with Crippen LogP contribution in [0.1, 0.15) is 24.0 Å². The smallest absolute Gasteiger partial charge is 0.331 e. The van der Waals surface area contributed by atoms with E-state index in [1.165, 1.54) is 14.7 Å². The van der Waals surface area contributed by atoms with Crippen LogP contribution in [-0.2, 0) is 30.7 Å². The average Bonchev–Trinajstić information content (AvgIpc) is 2.92. The van der Waals surface area contributed by atoms with Crippen LogP contribution in [0.25, 0.3) is 10.9 Å². The Kier molecular flexibility index (Phi) is 7.12. The van der Waals surface area contributed by atoms with E-state index in [1.54, 1.807) is 24.3 Å². The summed E-state index contributed by atoms with van der Waals surface area (Å²) in [5.74, 6) is 0.480. The molecule has 1 aromatic heterocycles. The summed E-state index contributed by atoms with van der Waals surface area (Å²) >= 11 is 0. The lowest BCUT2D eigenvalue weighted by Gasteiger charge is -2.32. The Bertz CT molecular complexity index is 1450. The van der Waals surface area contributed by atoms with E-state index in [-0.39, 0.29) is 24.6 Å². The summed E-state index contributed by atoms with van der Waals surface area (Å²) in [5, 5.41) is 0.458. The van der Waals surface area contributed by atoms with E-state index in [4.69, 9.17) is 0 Å². The van der Waals surface area contributed by atoms with Gasteiger partial charge in [-0.05, 0) is 54.9 Å². The summed E-state index contributed by atoms with van der Waals surface area (Å²) in [6.07, 6.45) is 3.50. The quantitative estimate of drug-likeness (QED) is 0.402. The highest BCUT2D eigenvalue weighted by atomic mass is 16.2. The maximum Gasteiger partial charge on any atom is 0.331 e. The van der Waals surface area contributed by atoms with E-state index in [1.807, 2.05) is 41.3 Å². The third kappa shape index (κ3) is 5.18. The zero-order chi connectivity index (χ0) is 24.9. The van der Waals surface area contributed by atoms with Gasteiger partial charge in [-0.2, -0.15) is 0 Å². The number of fused-ring (bicyclic) bond motifs is 1. The van der Waals surface area contributed by atoms with Gasteiger partial charge in [-0.15, -0.1) is 0 Å².